The average molecular weight is 305 g/mol. The van der Waals surface area contributed by atoms with Gasteiger partial charge in [-0.2, -0.15) is 0 Å². The minimum absolute atomic E-state index is 0.0882. The van der Waals surface area contributed by atoms with E-state index in [1.807, 2.05) is 13.0 Å². The molecule has 0 saturated carbocycles. The molecule has 1 aromatic rings. The summed E-state index contributed by atoms with van der Waals surface area (Å²) < 4.78 is 6.38. The molecular weight excluding hydrogens is 292 g/mol. The van der Waals surface area contributed by atoms with Gasteiger partial charge in [0.05, 0.1) is 22.4 Å². The van der Waals surface area contributed by atoms with Crippen molar-refractivity contribution in [3.63, 3.8) is 0 Å². The van der Waals surface area contributed by atoms with Gasteiger partial charge in [0.2, 0.25) is 0 Å². The third-order valence-corrected chi connectivity index (χ3v) is 5.05. The van der Waals surface area contributed by atoms with E-state index in [4.69, 9.17) is 9.84 Å². The Balaban J connectivity index is 2.22. The molecule has 2 heterocycles. The van der Waals surface area contributed by atoms with Crippen molar-refractivity contribution < 1.29 is 14.6 Å². The number of halogens is 1. The fourth-order valence-electron chi connectivity index (χ4n) is 2.03. The van der Waals surface area contributed by atoms with Crippen LogP contribution in [-0.4, -0.2) is 24.3 Å². The molecule has 0 spiro atoms. The second-order valence-electron chi connectivity index (χ2n) is 4.25. The number of hydrogen-bond acceptors (Lipinski definition) is 3. The summed E-state index contributed by atoms with van der Waals surface area (Å²) in [5, 5.41) is 8.87. The van der Waals surface area contributed by atoms with Crippen LogP contribution in [0.5, 0.6) is 0 Å². The molecule has 0 amide bonds. The molecule has 0 aromatic carbocycles. The molecule has 1 saturated heterocycles. The van der Waals surface area contributed by atoms with Gasteiger partial charge in [-0.25, -0.2) is 0 Å². The molecule has 1 aromatic heterocycles. The highest BCUT2D eigenvalue weighted by Crippen LogP contribution is 2.44. The van der Waals surface area contributed by atoms with Crippen LogP contribution < -0.4 is 0 Å². The lowest BCUT2D eigenvalue weighted by atomic mass is 9.72. The summed E-state index contributed by atoms with van der Waals surface area (Å²) in [5.41, 5.74) is -0.0882. The Kier molecular flexibility index (Phi) is 3.37. The van der Waals surface area contributed by atoms with Crippen LogP contribution in [0.4, 0.5) is 0 Å². The van der Waals surface area contributed by atoms with Gasteiger partial charge in [-0.15, -0.1) is 11.3 Å². The van der Waals surface area contributed by atoms with E-state index in [0.29, 0.717) is 13.2 Å². The Morgan fingerprint density at radius 2 is 2.38 bits per heavy atom. The van der Waals surface area contributed by atoms with Gasteiger partial charge < -0.3 is 9.84 Å². The monoisotopic (exact) mass is 304 g/mol. The second kappa shape index (κ2) is 4.47. The van der Waals surface area contributed by atoms with E-state index in [0.717, 1.165) is 3.79 Å². The Morgan fingerprint density at radius 3 is 2.75 bits per heavy atom. The Hall–Kier alpha value is -0.390. The lowest BCUT2D eigenvalue weighted by Crippen LogP contribution is -2.51. The molecule has 2 rings (SSSR count). The predicted octanol–water partition coefficient (Wildman–Crippen LogP) is 2.89. The highest BCUT2D eigenvalue weighted by atomic mass is 79.9. The van der Waals surface area contributed by atoms with Crippen molar-refractivity contribution in [3.05, 3.63) is 20.8 Å². The van der Waals surface area contributed by atoms with Crippen molar-refractivity contribution in [2.75, 3.05) is 13.2 Å². The van der Waals surface area contributed by atoms with E-state index in [-0.39, 0.29) is 17.8 Å². The van der Waals surface area contributed by atoms with Crippen molar-refractivity contribution in [1.29, 1.82) is 0 Å². The second-order valence-corrected chi connectivity index (χ2v) is 6.71. The van der Waals surface area contributed by atoms with E-state index in [9.17, 15) is 4.79 Å². The smallest absolute Gasteiger partial charge is 0.303 e. The maximum atomic E-state index is 10.8. The highest BCUT2D eigenvalue weighted by molar-refractivity contribution is 9.11. The molecule has 88 valence electrons. The van der Waals surface area contributed by atoms with Gasteiger partial charge >= 0.3 is 5.97 Å². The fourth-order valence-corrected chi connectivity index (χ4v) is 3.69. The van der Waals surface area contributed by atoms with E-state index >= 15 is 0 Å². The molecule has 1 N–H and O–H groups in total. The third kappa shape index (κ3) is 2.04. The molecule has 1 fully saturated rings. The summed E-state index contributed by atoms with van der Waals surface area (Å²) in [4.78, 5) is 12.0. The zero-order valence-electron chi connectivity index (χ0n) is 8.90. The van der Waals surface area contributed by atoms with Crippen molar-refractivity contribution in [3.8, 4) is 0 Å². The van der Waals surface area contributed by atoms with Crippen molar-refractivity contribution >= 4 is 33.2 Å². The first-order chi connectivity index (χ1) is 7.54. The first-order valence-corrected chi connectivity index (χ1v) is 6.71. The first kappa shape index (κ1) is 12.1. The minimum Gasteiger partial charge on any atom is -0.481 e. The maximum absolute atomic E-state index is 10.8. The molecule has 0 bridgehead atoms. The van der Waals surface area contributed by atoms with Gasteiger partial charge in [0, 0.05) is 11.3 Å². The van der Waals surface area contributed by atoms with Crippen molar-refractivity contribution in [2.45, 2.75) is 18.8 Å². The lowest BCUT2D eigenvalue weighted by molar-refractivity contribution is -0.142. The van der Waals surface area contributed by atoms with Crippen LogP contribution in [0.3, 0.4) is 0 Å². The fraction of sp³-hybridized carbons (Fsp3) is 0.545. The van der Waals surface area contributed by atoms with Crippen LogP contribution >= 0.6 is 27.3 Å². The highest BCUT2D eigenvalue weighted by Gasteiger charge is 2.46. The molecular formula is C11H13BrO3S. The zero-order chi connectivity index (χ0) is 11.8. The standard InChI is InChI=1S/C11H13BrO3S/c1-7(4-10(13)14)11(5-15-6-11)8-2-3-9(12)16-8/h2-3,7H,4-6H2,1H3,(H,13,14). The molecule has 16 heavy (non-hydrogen) atoms. The van der Waals surface area contributed by atoms with Crippen LogP contribution in [0, 0.1) is 5.92 Å². The number of carboxylic acids is 1. The van der Waals surface area contributed by atoms with E-state index in [1.165, 1.54) is 4.88 Å². The van der Waals surface area contributed by atoms with E-state index in [1.54, 1.807) is 11.3 Å². The summed E-state index contributed by atoms with van der Waals surface area (Å²) >= 11 is 5.11. The third-order valence-electron chi connectivity index (χ3n) is 3.21. The van der Waals surface area contributed by atoms with Gasteiger partial charge in [0.15, 0.2) is 0 Å². The Bertz CT molecular complexity index is 398. The molecule has 0 aliphatic carbocycles. The minimum atomic E-state index is -0.741. The molecule has 1 atom stereocenters. The van der Waals surface area contributed by atoms with Crippen LogP contribution in [-0.2, 0) is 14.9 Å². The topological polar surface area (TPSA) is 46.5 Å². The summed E-state index contributed by atoms with van der Waals surface area (Å²) in [7, 11) is 0. The molecule has 1 aliphatic heterocycles. The molecule has 1 unspecified atom stereocenters. The normalized spacial score (nSPS) is 20.1. The van der Waals surface area contributed by atoms with E-state index < -0.39 is 5.97 Å². The van der Waals surface area contributed by atoms with Gasteiger partial charge in [0.25, 0.3) is 0 Å². The largest absolute Gasteiger partial charge is 0.481 e. The summed E-state index contributed by atoms with van der Waals surface area (Å²) in [6.45, 7) is 3.26. The quantitative estimate of drug-likeness (QED) is 0.930. The van der Waals surface area contributed by atoms with Gasteiger partial charge in [-0.1, -0.05) is 6.92 Å². The van der Waals surface area contributed by atoms with Crippen LogP contribution in [0.2, 0.25) is 0 Å². The van der Waals surface area contributed by atoms with Gasteiger partial charge in [0.1, 0.15) is 0 Å². The maximum Gasteiger partial charge on any atom is 0.303 e. The number of rotatable bonds is 4. The molecule has 5 heteroatoms. The van der Waals surface area contributed by atoms with Crippen LogP contribution in [0.1, 0.15) is 18.2 Å². The lowest BCUT2D eigenvalue weighted by Gasteiger charge is -2.45. The number of thiophene rings is 1. The number of carboxylic acid groups (broad SMARTS) is 1. The van der Waals surface area contributed by atoms with Gasteiger partial charge in [-0.3, -0.25) is 4.79 Å². The summed E-state index contributed by atoms with van der Waals surface area (Å²) in [6.07, 6.45) is 0.193. The van der Waals surface area contributed by atoms with E-state index in [2.05, 4.69) is 22.0 Å². The van der Waals surface area contributed by atoms with Crippen LogP contribution in [0.25, 0.3) is 0 Å². The number of ether oxygens (including phenoxy) is 1. The Morgan fingerprint density at radius 1 is 1.69 bits per heavy atom. The van der Waals surface area contributed by atoms with Crippen molar-refractivity contribution in [1.82, 2.24) is 0 Å². The number of carbonyl (C=O) groups is 1. The molecule has 0 radical (unpaired) electrons. The molecule has 3 nitrogen and oxygen atoms in total. The predicted molar refractivity (Wildman–Crippen MR) is 65.9 cm³/mol. The number of aliphatic carboxylic acids is 1. The van der Waals surface area contributed by atoms with Crippen LogP contribution in [0.15, 0.2) is 15.9 Å². The zero-order valence-corrected chi connectivity index (χ0v) is 11.3. The van der Waals surface area contributed by atoms with Crippen molar-refractivity contribution in [2.24, 2.45) is 5.92 Å². The summed E-state index contributed by atoms with van der Waals surface area (Å²) in [6, 6.07) is 4.07. The Labute approximate surface area is 107 Å². The summed E-state index contributed by atoms with van der Waals surface area (Å²) in [5.74, 6) is -0.640. The number of hydrogen-bond donors (Lipinski definition) is 1. The van der Waals surface area contributed by atoms with Gasteiger partial charge in [-0.05, 0) is 34.0 Å². The first-order valence-electron chi connectivity index (χ1n) is 5.10. The SMILES string of the molecule is CC(CC(=O)O)C1(c2ccc(Br)s2)COC1. The average Bonchev–Trinajstić information content (AvgIpc) is 2.48. The molecule has 1 aliphatic rings.